The van der Waals surface area contributed by atoms with Gasteiger partial charge in [-0.3, -0.25) is 19.4 Å². The predicted molar refractivity (Wildman–Crippen MR) is 158 cm³/mol. The van der Waals surface area contributed by atoms with Gasteiger partial charge < -0.3 is 20.8 Å². The highest BCUT2D eigenvalue weighted by molar-refractivity contribution is 6.03. The number of Topliss-reactive ketones (excluding diaryl/α,β-unsaturated/α-hetero) is 3. The molecule has 0 spiro atoms. The fourth-order valence-electron chi connectivity index (χ4n) is 5.89. The number of benzene rings is 1. The number of rotatable bonds is 13. The minimum Gasteiger partial charge on any atom is -0.507 e. The number of aliphatic hydroxyl groups excluding tert-OH is 2. The van der Waals surface area contributed by atoms with Crippen molar-refractivity contribution in [2.75, 3.05) is 13.2 Å². The number of carbonyl (C=O) groups excluding carboxylic acids is 3. The molecule has 224 valence electrons. The van der Waals surface area contributed by atoms with E-state index in [9.17, 15) is 29.7 Å². The summed E-state index contributed by atoms with van der Waals surface area (Å²) in [6.07, 6.45) is 5.41. The average Bonchev–Trinajstić information content (AvgIpc) is 2.85. The van der Waals surface area contributed by atoms with Crippen molar-refractivity contribution in [2.45, 2.75) is 79.1 Å². The van der Waals surface area contributed by atoms with Crippen molar-refractivity contribution in [2.24, 2.45) is 23.2 Å². The van der Waals surface area contributed by atoms with Gasteiger partial charge in [0.2, 0.25) is 0 Å². The molecular formula is C32H49NO7. The molecule has 1 aliphatic rings. The SMILES string of the molecule is CC(=O)CC(=O)C(CO)C(CCO)CC1CC(=O)c2c(O)c(CCCC(C)(C)C)cc(-c3ccccn3)c2C1.O.[HH].[HH]. The first-order chi connectivity index (χ1) is 18.4. The highest BCUT2D eigenvalue weighted by atomic mass is 16.3. The number of aromatic hydroxyl groups is 1. The van der Waals surface area contributed by atoms with Crippen LogP contribution in [-0.4, -0.2) is 56.3 Å². The van der Waals surface area contributed by atoms with Gasteiger partial charge in [0, 0.05) is 33.6 Å². The van der Waals surface area contributed by atoms with Crippen molar-refractivity contribution in [3.05, 3.63) is 47.2 Å². The standard InChI is InChI=1S/C32H43NO6.H2O.2H2/c1-20(36)14-28(37)26(19-35)22(10-13-34)15-21-16-25-24(27-9-5-6-12-33-27)18-23(8-7-11-32(2,3)4)31(39)30(25)29(38)17-21;;;/h5-6,9,12,18,21-22,26,34-35,39H,7-8,10-11,13-17,19H2,1-4H3;1H2;2*1H. The highest BCUT2D eigenvalue weighted by Crippen LogP contribution is 2.43. The lowest BCUT2D eigenvalue weighted by molar-refractivity contribution is -0.131. The van der Waals surface area contributed by atoms with Gasteiger partial charge in [-0.2, -0.15) is 0 Å². The number of aliphatic hydroxyl groups is 2. The van der Waals surface area contributed by atoms with Gasteiger partial charge in [-0.05, 0) is 92.0 Å². The number of aryl methyl sites for hydroxylation is 1. The van der Waals surface area contributed by atoms with Gasteiger partial charge in [-0.15, -0.1) is 0 Å². The zero-order valence-corrected chi connectivity index (χ0v) is 24.2. The number of ketones is 3. The number of aromatic nitrogens is 1. The molecule has 8 nitrogen and oxygen atoms in total. The summed E-state index contributed by atoms with van der Waals surface area (Å²) in [7, 11) is 0. The summed E-state index contributed by atoms with van der Waals surface area (Å²) < 4.78 is 0. The smallest absolute Gasteiger partial charge is 0.167 e. The number of hydrogen-bond donors (Lipinski definition) is 3. The topological polar surface area (TPSA) is 156 Å². The van der Waals surface area contributed by atoms with Crippen LogP contribution < -0.4 is 0 Å². The molecule has 3 unspecified atom stereocenters. The van der Waals surface area contributed by atoms with E-state index in [-0.39, 0.29) is 74.5 Å². The maximum Gasteiger partial charge on any atom is 0.167 e. The third kappa shape index (κ3) is 8.53. The van der Waals surface area contributed by atoms with E-state index in [1.165, 1.54) is 6.92 Å². The van der Waals surface area contributed by atoms with Crippen molar-refractivity contribution < 1.29 is 38.0 Å². The number of fused-ring (bicyclic) bond motifs is 1. The molecule has 0 saturated carbocycles. The van der Waals surface area contributed by atoms with Crippen LogP contribution in [0.3, 0.4) is 0 Å². The Hall–Kier alpha value is -2.94. The molecule has 0 amide bonds. The Morgan fingerprint density at radius 1 is 1.18 bits per heavy atom. The Balaban J connectivity index is 0.00000560. The Morgan fingerprint density at radius 2 is 1.90 bits per heavy atom. The van der Waals surface area contributed by atoms with Gasteiger partial charge in [0.1, 0.15) is 17.3 Å². The predicted octanol–water partition coefficient (Wildman–Crippen LogP) is 4.78. The van der Waals surface area contributed by atoms with Crippen LogP contribution in [0.25, 0.3) is 11.3 Å². The first-order valence-electron chi connectivity index (χ1n) is 14.0. The zero-order valence-electron chi connectivity index (χ0n) is 24.2. The van der Waals surface area contributed by atoms with Crippen molar-refractivity contribution in [3.8, 4) is 17.0 Å². The highest BCUT2D eigenvalue weighted by Gasteiger charge is 2.36. The van der Waals surface area contributed by atoms with Crippen molar-refractivity contribution in [3.63, 3.8) is 0 Å². The minimum absolute atomic E-state index is 0. The number of nitrogens with zero attached hydrogens (tertiary/aromatic N) is 1. The summed E-state index contributed by atoms with van der Waals surface area (Å²) in [6, 6.07) is 7.59. The van der Waals surface area contributed by atoms with Crippen LogP contribution in [0.1, 0.15) is 90.6 Å². The quantitative estimate of drug-likeness (QED) is 0.298. The lowest BCUT2D eigenvalue weighted by Gasteiger charge is -2.32. The van der Waals surface area contributed by atoms with E-state index >= 15 is 0 Å². The average molecular weight is 560 g/mol. The van der Waals surface area contributed by atoms with E-state index in [1.807, 2.05) is 24.3 Å². The molecule has 0 saturated heterocycles. The van der Waals surface area contributed by atoms with Crippen molar-refractivity contribution in [1.82, 2.24) is 4.98 Å². The summed E-state index contributed by atoms with van der Waals surface area (Å²) in [5, 5.41) is 31.0. The molecule has 2 aromatic rings. The third-order valence-electron chi connectivity index (χ3n) is 7.78. The molecule has 40 heavy (non-hydrogen) atoms. The summed E-state index contributed by atoms with van der Waals surface area (Å²) >= 11 is 0. The van der Waals surface area contributed by atoms with E-state index in [0.717, 1.165) is 35.2 Å². The lowest BCUT2D eigenvalue weighted by atomic mass is 9.72. The second kappa shape index (κ2) is 14.6. The number of phenols is 1. The largest absolute Gasteiger partial charge is 0.507 e. The summed E-state index contributed by atoms with van der Waals surface area (Å²) in [6.45, 7) is 7.31. The molecule has 0 bridgehead atoms. The number of pyridine rings is 1. The zero-order chi connectivity index (χ0) is 28.7. The number of hydrogen-bond acceptors (Lipinski definition) is 7. The molecular weight excluding hydrogens is 510 g/mol. The summed E-state index contributed by atoms with van der Waals surface area (Å²) in [5.74, 6) is -1.98. The lowest BCUT2D eigenvalue weighted by Crippen LogP contribution is -2.32. The molecule has 0 aliphatic heterocycles. The molecule has 8 heteroatoms. The van der Waals surface area contributed by atoms with Crippen molar-refractivity contribution in [1.29, 1.82) is 0 Å². The van der Waals surface area contributed by atoms with Gasteiger partial charge in [0.05, 0.1) is 24.3 Å². The summed E-state index contributed by atoms with van der Waals surface area (Å²) in [4.78, 5) is 42.3. The van der Waals surface area contributed by atoms with Crippen LogP contribution in [-0.2, 0) is 22.4 Å². The van der Waals surface area contributed by atoms with Crippen LogP contribution in [0.5, 0.6) is 5.75 Å². The Kier molecular flexibility index (Phi) is 12.2. The first kappa shape index (κ1) is 33.3. The van der Waals surface area contributed by atoms with Gasteiger partial charge in [0.25, 0.3) is 0 Å². The Morgan fingerprint density at radius 3 is 2.48 bits per heavy atom. The maximum absolute atomic E-state index is 13.6. The maximum atomic E-state index is 13.6. The third-order valence-corrected chi connectivity index (χ3v) is 7.78. The van der Waals surface area contributed by atoms with Gasteiger partial charge in [-0.25, -0.2) is 0 Å². The molecule has 0 fully saturated rings. The molecule has 3 atom stereocenters. The van der Waals surface area contributed by atoms with E-state index in [4.69, 9.17) is 0 Å². The van der Waals surface area contributed by atoms with Crippen LogP contribution in [0.15, 0.2) is 30.5 Å². The number of carbonyl (C=O) groups is 3. The minimum atomic E-state index is -0.772. The Labute approximate surface area is 240 Å². The van der Waals surface area contributed by atoms with Crippen LogP contribution in [0.2, 0.25) is 0 Å². The fraction of sp³-hybridized carbons (Fsp3) is 0.562. The summed E-state index contributed by atoms with van der Waals surface area (Å²) in [5.41, 5.74) is 3.60. The van der Waals surface area contributed by atoms with E-state index < -0.39 is 12.5 Å². The van der Waals surface area contributed by atoms with E-state index in [0.29, 0.717) is 24.8 Å². The van der Waals surface area contributed by atoms with Crippen LogP contribution in [0.4, 0.5) is 0 Å². The normalized spacial score (nSPS) is 16.6. The first-order valence-corrected chi connectivity index (χ1v) is 14.0. The molecule has 1 aromatic heterocycles. The fourth-order valence-corrected chi connectivity index (χ4v) is 5.89. The monoisotopic (exact) mass is 559 g/mol. The second-order valence-corrected chi connectivity index (χ2v) is 12.3. The number of phenolic OH excluding ortho intramolecular Hbond substituents is 1. The molecule has 5 N–H and O–H groups in total. The molecule has 1 heterocycles. The van der Waals surface area contributed by atoms with Crippen molar-refractivity contribution >= 4 is 17.3 Å². The van der Waals surface area contributed by atoms with Crippen LogP contribution in [0, 0.1) is 23.2 Å². The molecule has 0 radical (unpaired) electrons. The van der Waals surface area contributed by atoms with Crippen LogP contribution >= 0.6 is 0 Å². The van der Waals surface area contributed by atoms with E-state index in [1.54, 1.807) is 6.20 Å². The Bertz CT molecular complexity index is 1180. The van der Waals surface area contributed by atoms with E-state index in [2.05, 4.69) is 25.8 Å². The van der Waals surface area contributed by atoms with Gasteiger partial charge in [-0.1, -0.05) is 26.8 Å². The van der Waals surface area contributed by atoms with Gasteiger partial charge >= 0.3 is 0 Å². The molecule has 1 aromatic carbocycles. The molecule has 1 aliphatic carbocycles. The van der Waals surface area contributed by atoms with Gasteiger partial charge in [0.15, 0.2) is 5.78 Å². The molecule has 3 rings (SSSR count). The second-order valence-electron chi connectivity index (χ2n) is 12.3.